The van der Waals surface area contributed by atoms with Crippen molar-refractivity contribution in [1.82, 2.24) is 25.1 Å². The van der Waals surface area contributed by atoms with Gasteiger partial charge in [-0.2, -0.15) is 4.52 Å². The van der Waals surface area contributed by atoms with Gasteiger partial charge in [-0.05, 0) is 18.2 Å². The number of benzene rings is 2. The molecule has 0 spiro atoms. The van der Waals surface area contributed by atoms with Gasteiger partial charge in [-0.3, -0.25) is 4.79 Å². The number of aromatic nitrogens is 4. The van der Waals surface area contributed by atoms with Gasteiger partial charge in [0.1, 0.15) is 29.6 Å². The van der Waals surface area contributed by atoms with E-state index in [2.05, 4.69) is 20.6 Å². The number of rotatable bonds is 11. The van der Waals surface area contributed by atoms with Gasteiger partial charge in [0, 0.05) is 29.8 Å². The van der Waals surface area contributed by atoms with Gasteiger partial charge in [0.25, 0.3) is 5.91 Å². The third kappa shape index (κ3) is 5.88. The average molecular weight is 479 g/mol. The molecule has 0 radical (unpaired) electrons. The van der Waals surface area contributed by atoms with Crippen molar-refractivity contribution in [3.8, 4) is 40.3 Å². The predicted molar refractivity (Wildman–Crippen MR) is 126 cm³/mol. The van der Waals surface area contributed by atoms with Crippen LogP contribution in [-0.2, 0) is 4.79 Å². The van der Waals surface area contributed by atoms with E-state index in [0.29, 0.717) is 40.3 Å². The molecule has 0 saturated carbocycles. The molecule has 2 heterocycles. The molecule has 11 heteroatoms. The van der Waals surface area contributed by atoms with Crippen molar-refractivity contribution in [3.05, 3.63) is 54.6 Å². The Labute approximate surface area is 201 Å². The summed E-state index contributed by atoms with van der Waals surface area (Å²) in [6, 6.07) is 16.0. The topological polar surface area (TPSA) is 118 Å². The molecule has 0 aliphatic carbocycles. The third-order valence-corrected chi connectivity index (χ3v) is 4.94. The summed E-state index contributed by atoms with van der Waals surface area (Å²) >= 11 is 0. The number of fused-ring (bicyclic) bond motifs is 1. The number of ether oxygens (including phenoxy) is 5. The van der Waals surface area contributed by atoms with Crippen molar-refractivity contribution in [2.24, 2.45) is 0 Å². The van der Waals surface area contributed by atoms with E-state index in [1.807, 2.05) is 24.3 Å². The lowest BCUT2D eigenvalue weighted by atomic mass is 10.2. The summed E-state index contributed by atoms with van der Waals surface area (Å²) in [5.41, 5.74) is 1.39. The Kier molecular flexibility index (Phi) is 7.46. The number of hydrogen-bond donors (Lipinski definition) is 1. The van der Waals surface area contributed by atoms with Gasteiger partial charge < -0.3 is 29.0 Å². The average Bonchev–Trinajstić information content (AvgIpc) is 3.33. The first-order chi connectivity index (χ1) is 17.1. The predicted octanol–water partition coefficient (Wildman–Crippen LogP) is 2.39. The van der Waals surface area contributed by atoms with Crippen LogP contribution in [0.25, 0.3) is 17.0 Å². The maximum Gasteiger partial charge on any atom is 0.258 e. The Hall–Kier alpha value is -4.54. The largest absolute Gasteiger partial charge is 0.497 e. The van der Waals surface area contributed by atoms with E-state index >= 15 is 0 Å². The Morgan fingerprint density at radius 3 is 2.34 bits per heavy atom. The second kappa shape index (κ2) is 11.1. The van der Waals surface area contributed by atoms with Crippen LogP contribution in [0, 0.1) is 0 Å². The van der Waals surface area contributed by atoms with Crippen LogP contribution in [0.5, 0.6) is 28.9 Å². The van der Waals surface area contributed by atoms with Crippen LogP contribution in [0.3, 0.4) is 0 Å². The Morgan fingerprint density at radius 1 is 0.857 bits per heavy atom. The fraction of sp³-hybridized carbons (Fsp3) is 0.250. The Morgan fingerprint density at radius 2 is 1.60 bits per heavy atom. The van der Waals surface area contributed by atoms with Crippen molar-refractivity contribution < 1.29 is 28.5 Å². The Balaban J connectivity index is 1.29. The molecular formula is C24H25N5O6. The summed E-state index contributed by atoms with van der Waals surface area (Å²) in [6.07, 6.45) is 0. The number of nitrogens with zero attached hydrogens (tertiary/aromatic N) is 4. The summed E-state index contributed by atoms with van der Waals surface area (Å²) in [4.78, 5) is 12.1. The lowest BCUT2D eigenvalue weighted by Gasteiger charge is -2.11. The minimum Gasteiger partial charge on any atom is -0.497 e. The Bertz CT molecular complexity index is 1290. The molecule has 0 atom stereocenters. The first-order valence-corrected chi connectivity index (χ1v) is 10.7. The smallest absolute Gasteiger partial charge is 0.258 e. The molecule has 1 amide bonds. The second-order valence-electron chi connectivity index (χ2n) is 7.23. The minimum absolute atomic E-state index is 0.162. The normalized spacial score (nSPS) is 10.6. The van der Waals surface area contributed by atoms with Gasteiger partial charge in [0.15, 0.2) is 18.1 Å². The van der Waals surface area contributed by atoms with Gasteiger partial charge in [-0.1, -0.05) is 12.1 Å². The number of carbonyl (C=O) groups excluding carboxylic acids is 1. The van der Waals surface area contributed by atoms with Gasteiger partial charge in [0.2, 0.25) is 5.88 Å². The van der Waals surface area contributed by atoms with Crippen LogP contribution in [0.4, 0.5) is 0 Å². The summed E-state index contributed by atoms with van der Waals surface area (Å²) in [7, 11) is 4.69. The molecule has 0 unspecified atom stereocenters. The molecule has 0 aliphatic rings. The zero-order valence-electron chi connectivity index (χ0n) is 19.6. The third-order valence-electron chi connectivity index (χ3n) is 4.94. The van der Waals surface area contributed by atoms with Gasteiger partial charge in [-0.15, -0.1) is 15.3 Å². The molecule has 35 heavy (non-hydrogen) atoms. The van der Waals surface area contributed by atoms with Crippen molar-refractivity contribution in [2.45, 2.75) is 0 Å². The van der Waals surface area contributed by atoms with Crippen molar-refractivity contribution in [3.63, 3.8) is 0 Å². The summed E-state index contributed by atoms with van der Waals surface area (Å²) < 4.78 is 28.5. The van der Waals surface area contributed by atoms with E-state index in [1.54, 1.807) is 56.2 Å². The lowest BCUT2D eigenvalue weighted by molar-refractivity contribution is -0.123. The van der Waals surface area contributed by atoms with E-state index in [-0.39, 0.29) is 25.7 Å². The van der Waals surface area contributed by atoms with E-state index in [9.17, 15) is 4.79 Å². The highest BCUT2D eigenvalue weighted by atomic mass is 16.5. The fourth-order valence-corrected chi connectivity index (χ4v) is 3.20. The quantitative estimate of drug-likeness (QED) is 0.324. The molecule has 0 saturated heterocycles. The molecular weight excluding hydrogens is 454 g/mol. The molecule has 2 aromatic heterocycles. The highest BCUT2D eigenvalue weighted by Gasteiger charge is 2.12. The van der Waals surface area contributed by atoms with Crippen LogP contribution < -0.4 is 29.0 Å². The van der Waals surface area contributed by atoms with Gasteiger partial charge >= 0.3 is 0 Å². The van der Waals surface area contributed by atoms with Gasteiger partial charge in [-0.25, -0.2) is 0 Å². The maximum atomic E-state index is 12.1. The number of carbonyl (C=O) groups is 1. The van der Waals surface area contributed by atoms with Crippen LogP contribution in [-0.4, -0.2) is 66.8 Å². The van der Waals surface area contributed by atoms with Crippen LogP contribution in [0.15, 0.2) is 54.6 Å². The molecule has 11 nitrogen and oxygen atoms in total. The molecule has 4 rings (SSSR count). The maximum absolute atomic E-state index is 12.1. The summed E-state index contributed by atoms with van der Waals surface area (Å²) in [5, 5.41) is 15.6. The van der Waals surface area contributed by atoms with E-state index < -0.39 is 0 Å². The number of methoxy groups -OCH3 is 3. The molecule has 1 N–H and O–H groups in total. The number of amides is 1. The van der Waals surface area contributed by atoms with Crippen molar-refractivity contribution in [1.29, 1.82) is 0 Å². The highest BCUT2D eigenvalue weighted by Crippen LogP contribution is 2.27. The van der Waals surface area contributed by atoms with Crippen LogP contribution >= 0.6 is 0 Å². The fourth-order valence-electron chi connectivity index (χ4n) is 3.20. The number of hydrogen-bond acceptors (Lipinski definition) is 9. The van der Waals surface area contributed by atoms with E-state index in [1.165, 1.54) is 0 Å². The standard InChI is InChI=1S/C24H25N5O6/c1-31-17-6-4-5-16(11-17)24-27-26-21-7-8-23(28-29(21)24)34-10-9-25-22(30)15-35-20-13-18(32-2)12-19(14-20)33-3/h4-8,11-14H,9-10,15H2,1-3H3,(H,25,30). The SMILES string of the molecule is COc1cc(OC)cc(OCC(=O)NCCOc2ccc3nnc(-c4cccc(OC)c4)n3n2)c1. The van der Waals surface area contributed by atoms with E-state index in [0.717, 1.165) is 5.56 Å². The zero-order valence-corrected chi connectivity index (χ0v) is 19.6. The van der Waals surface area contributed by atoms with Crippen LogP contribution in [0.2, 0.25) is 0 Å². The molecule has 0 bridgehead atoms. The monoisotopic (exact) mass is 479 g/mol. The molecule has 4 aromatic rings. The first-order valence-electron chi connectivity index (χ1n) is 10.7. The molecule has 0 aliphatic heterocycles. The molecule has 182 valence electrons. The lowest BCUT2D eigenvalue weighted by Crippen LogP contribution is -2.32. The van der Waals surface area contributed by atoms with Crippen molar-refractivity contribution in [2.75, 3.05) is 41.1 Å². The molecule has 0 fully saturated rings. The van der Waals surface area contributed by atoms with Crippen molar-refractivity contribution >= 4 is 11.6 Å². The molecule has 2 aromatic carbocycles. The summed E-state index contributed by atoms with van der Waals surface area (Å²) in [6.45, 7) is 0.327. The highest BCUT2D eigenvalue weighted by molar-refractivity contribution is 5.77. The number of nitrogens with one attached hydrogen (secondary N) is 1. The van der Waals surface area contributed by atoms with Gasteiger partial charge in [0.05, 0.1) is 27.9 Å². The first kappa shape index (κ1) is 23.6. The zero-order chi connectivity index (χ0) is 24.6. The van der Waals surface area contributed by atoms with E-state index in [4.69, 9.17) is 23.7 Å². The summed E-state index contributed by atoms with van der Waals surface area (Å²) in [5.74, 6) is 2.95. The van der Waals surface area contributed by atoms with Crippen LogP contribution in [0.1, 0.15) is 0 Å². The second-order valence-corrected chi connectivity index (χ2v) is 7.23. The minimum atomic E-state index is -0.294.